The van der Waals surface area contributed by atoms with Crippen molar-refractivity contribution >= 4 is 34.7 Å². The molecule has 0 aliphatic carbocycles. The first-order chi connectivity index (χ1) is 16.5. The number of anilines is 1. The molecule has 1 fully saturated rings. The number of amides is 1. The fourth-order valence-electron chi connectivity index (χ4n) is 4.45. The summed E-state index contributed by atoms with van der Waals surface area (Å²) in [4.78, 5) is 33.0. The summed E-state index contributed by atoms with van der Waals surface area (Å²) in [6, 6.07) is 16.0. The first-order valence-electron chi connectivity index (χ1n) is 12.0. The predicted molar refractivity (Wildman–Crippen MR) is 140 cm³/mol. The number of para-hydroxylation sites is 1. The third kappa shape index (κ3) is 6.12. The maximum atomic E-state index is 12.7. The Labute approximate surface area is 205 Å². The lowest BCUT2D eigenvalue weighted by Crippen LogP contribution is -2.46. The van der Waals surface area contributed by atoms with E-state index in [0.717, 1.165) is 51.1 Å². The van der Waals surface area contributed by atoms with Gasteiger partial charge in [-0.25, -0.2) is 0 Å². The summed E-state index contributed by atoms with van der Waals surface area (Å²) in [5.41, 5.74) is 3.17. The van der Waals surface area contributed by atoms with Crippen LogP contribution in [0, 0.1) is 11.7 Å². The second-order valence-corrected chi connectivity index (χ2v) is 9.29. The number of nitrogens with one attached hydrogen (secondary N) is 2. The van der Waals surface area contributed by atoms with Crippen LogP contribution in [-0.2, 0) is 11.3 Å². The first kappa shape index (κ1) is 24.2. The minimum atomic E-state index is -0.158. The van der Waals surface area contributed by atoms with Crippen molar-refractivity contribution in [2.24, 2.45) is 0 Å². The molecular weight excluding hydrogens is 446 g/mol. The highest BCUT2D eigenvalue weighted by Crippen LogP contribution is 2.18. The van der Waals surface area contributed by atoms with Gasteiger partial charge in [0.05, 0.1) is 10.9 Å². The molecule has 0 spiro atoms. The zero-order valence-corrected chi connectivity index (χ0v) is 20.6. The number of aromatic nitrogens is 2. The van der Waals surface area contributed by atoms with Crippen molar-refractivity contribution in [3.8, 4) is 0 Å². The maximum Gasteiger partial charge on any atom is 0.262 e. The molecule has 0 unspecified atom stereocenters. The van der Waals surface area contributed by atoms with E-state index in [0.29, 0.717) is 16.7 Å². The Hall–Kier alpha value is -2.97. The van der Waals surface area contributed by atoms with E-state index in [-0.39, 0.29) is 24.4 Å². The minimum absolute atomic E-state index is 0.0544. The summed E-state index contributed by atoms with van der Waals surface area (Å²) in [7, 11) is 0. The maximum absolute atomic E-state index is 12.7. The molecule has 2 N–H and O–H groups in total. The molecule has 2 heterocycles. The lowest BCUT2D eigenvalue weighted by atomic mass is 10.2. The number of carbonyl (C=O) groups excluding carboxylic acids is 1. The van der Waals surface area contributed by atoms with Crippen molar-refractivity contribution in [1.82, 2.24) is 19.8 Å². The van der Waals surface area contributed by atoms with Gasteiger partial charge in [-0.2, -0.15) is 0 Å². The van der Waals surface area contributed by atoms with Crippen molar-refractivity contribution in [2.75, 3.05) is 44.2 Å². The number of unbranched alkanes of at least 4 members (excludes halogenated alkanes) is 1. The number of aryl methyl sites for hydroxylation is 1. The average Bonchev–Trinajstić information content (AvgIpc) is 2.84. The Morgan fingerprint density at radius 3 is 2.62 bits per heavy atom. The molecule has 1 aromatic heterocycles. The highest BCUT2D eigenvalue weighted by molar-refractivity contribution is 7.71. The molecule has 1 aliphatic rings. The number of aromatic amines is 1. The molecule has 1 saturated heterocycles. The smallest absolute Gasteiger partial charge is 0.262 e. The highest BCUT2D eigenvalue weighted by Gasteiger charge is 2.16. The van der Waals surface area contributed by atoms with E-state index >= 15 is 0 Å². The summed E-state index contributed by atoms with van der Waals surface area (Å²) in [5.74, 6) is -0.0544. The van der Waals surface area contributed by atoms with Gasteiger partial charge in [0.1, 0.15) is 0 Å². The second kappa shape index (κ2) is 11.4. The Morgan fingerprint density at radius 1 is 1.03 bits per heavy atom. The second-order valence-electron chi connectivity index (χ2n) is 8.91. The van der Waals surface area contributed by atoms with E-state index in [4.69, 9.17) is 12.2 Å². The normalized spacial score (nSPS) is 14.4. The van der Waals surface area contributed by atoms with Crippen molar-refractivity contribution in [3.63, 3.8) is 0 Å². The van der Waals surface area contributed by atoms with Gasteiger partial charge in [0.2, 0.25) is 5.91 Å². The van der Waals surface area contributed by atoms with Gasteiger partial charge in [-0.3, -0.25) is 19.1 Å². The summed E-state index contributed by atoms with van der Waals surface area (Å²) in [6.45, 7) is 8.36. The molecule has 0 atom stereocenters. The third-order valence-electron chi connectivity index (χ3n) is 6.41. The molecule has 8 heteroatoms. The number of hydrogen-bond acceptors (Lipinski definition) is 5. The Kier molecular flexibility index (Phi) is 8.13. The van der Waals surface area contributed by atoms with Crippen molar-refractivity contribution in [3.05, 3.63) is 69.2 Å². The molecule has 0 radical (unpaired) electrons. The Balaban J connectivity index is 1.13. The molecule has 34 heavy (non-hydrogen) atoms. The number of fused-ring (bicyclic) bond motifs is 1. The number of piperazine rings is 1. The largest absolute Gasteiger partial charge is 0.369 e. The summed E-state index contributed by atoms with van der Waals surface area (Å²) < 4.78 is 1.81. The molecule has 0 bridgehead atoms. The molecule has 1 amide bonds. The van der Waals surface area contributed by atoms with E-state index in [1.165, 1.54) is 15.8 Å². The minimum Gasteiger partial charge on any atom is -0.369 e. The van der Waals surface area contributed by atoms with Gasteiger partial charge < -0.3 is 15.2 Å². The van der Waals surface area contributed by atoms with Gasteiger partial charge in [-0.1, -0.05) is 24.3 Å². The van der Waals surface area contributed by atoms with Crippen LogP contribution in [0.15, 0.2) is 53.3 Å². The number of hydrogen-bond donors (Lipinski definition) is 2. The summed E-state index contributed by atoms with van der Waals surface area (Å²) in [6.07, 6.45) is 2.23. The van der Waals surface area contributed by atoms with Crippen LogP contribution in [0.4, 0.5) is 5.69 Å². The van der Waals surface area contributed by atoms with Crippen LogP contribution < -0.4 is 15.8 Å². The van der Waals surface area contributed by atoms with Crippen molar-refractivity contribution in [2.45, 2.75) is 32.7 Å². The lowest BCUT2D eigenvalue weighted by Gasteiger charge is -2.36. The van der Waals surface area contributed by atoms with E-state index in [1.54, 1.807) is 6.07 Å². The zero-order chi connectivity index (χ0) is 23.9. The predicted octanol–water partition coefficient (Wildman–Crippen LogP) is 3.48. The van der Waals surface area contributed by atoms with Gasteiger partial charge in [0.25, 0.3) is 5.56 Å². The van der Waals surface area contributed by atoms with Gasteiger partial charge >= 0.3 is 0 Å². The number of rotatable bonds is 9. The third-order valence-corrected chi connectivity index (χ3v) is 6.74. The van der Waals surface area contributed by atoms with Crippen LogP contribution in [0.5, 0.6) is 0 Å². The van der Waals surface area contributed by atoms with Crippen molar-refractivity contribution < 1.29 is 4.79 Å². The summed E-state index contributed by atoms with van der Waals surface area (Å²) >= 11 is 5.31. The van der Waals surface area contributed by atoms with Crippen molar-refractivity contribution in [1.29, 1.82) is 0 Å². The molecule has 1 aliphatic heterocycles. The summed E-state index contributed by atoms with van der Waals surface area (Å²) in [5, 5.41) is 3.56. The molecular formula is C26H33N5O2S. The Bertz CT molecular complexity index is 1240. The molecule has 3 aromatic rings. The van der Waals surface area contributed by atoms with Crippen LogP contribution in [-0.4, -0.2) is 59.6 Å². The number of nitrogens with zero attached hydrogens (tertiary/aromatic N) is 3. The van der Waals surface area contributed by atoms with Gasteiger partial charge in [0.15, 0.2) is 4.77 Å². The SMILES string of the molecule is Cc1cccc(N2CCN(CCCCNC(=O)CCn3c(=S)[nH]c4ccccc4c3=O)CC2)c1. The monoisotopic (exact) mass is 479 g/mol. The van der Waals surface area contributed by atoms with Gasteiger partial charge in [0, 0.05) is 51.4 Å². The number of carbonyl (C=O) groups is 1. The van der Waals surface area contributed by atoms with E-state index in [2.05, 4.69) is 51.3 Å². The molecule has 2 aromatic carbocycles. The lowest BCUT2D eigenvalue weighted by molar-refractivity contribution is -0.121. The van der Waals surface area contributed by atoms with E-state index in [1.807, 2.05) is 18.2 Å². The molecule has 180 valence electrons. The highest BCUT2D eigenvalue weighted by atomic mass is 32.1. The fraction of sp³-hybridized carbons (Fsp3) is 0.423. The van der Waals surface area contributed by atoms with Gasteiger partial charge in [-0.05, 0) is 68.4 Å². The Morgan fingerprint density at radius 2 is 1.82 bits per heavy atom. The zero-order valence-electron chi connectivity index (χ0n) is 19.8. The number of benzene rings is 2. The van der Waals surface area contributed by atoms with Crippen LogP contribution >= 0.6 is 12.2 Å². The molecule has 7 nitrogen and oxygen atoms in total. The quantitative estimate of drug-likeness (QED) is 0.363. The van der Waals surface area contributed by atoms with Gasteiger partial charge in [-0.15, -0.1) is 0 Å². The topological polar surface area (TPSA) is 73.4 Å². The molecule has 0 saturated carbocycles. The standard InChI is InChI=1S/C26H33N5O2S/c1-20-7-6-8-21(19-20)30-17-15-29(16-18-30)13-5-4-12-27-24(32)11-14-31-25(33)22-9-2-3-10-23(22)28-26(31)34/h2-3,6-10,19H,4-5,11-18H2,1H3,(H,27,32)(H,28,34). The van der Waals surface area contributed by atoms with Crippen LogP contribution in [0.1, 0.15) is 24.8 Å². The number of H-pyrrole nitrogens is 1. The van der Waals surface area contributed by atoms with Crippen LogP contribution in [0.25, 0.3) is 10.9 Å². The first-order valence-corrected chi connectivity index (χ1v) is 12.4. The fourth-order valence-corrected chi connectivity index (χ4v) is 4.73. The van der Waals surface area contributed by atoms with Crippen LogP contribution in [0.2, 0.25) is 0 Å². The molecule has 4 rings (SSSR count). The average molecular weight is 480 g/mol. The van der Waals surface area contributed by atoms with Crippen LogP contribution in [0.3, 0.4) is 0 Å². The van der Waals surface area contributed by atoms with E-state index in [9.17, 15) is 9.59 Å². The van der Waals surface area contributed by atoms with E-state index < -0.39 is 0 Å².